The van der Waals surface area contributed by atoms with Crippen LogP contribution in [0.15, 0.2) is 54.6 Å². The Morgan fingerprint density at radius 3 is 2.71 bits per heavy atom. The lowest BCUT2D eigenvalue weighted by atomic mass is 10.2. The fourth-order valence-corrected chi connectivity index (χ4v) is 4.11. The van der Waals surface area contributed by atoms with E-state index in [9.17, 15) is 14.0 Å². The second-order valence-corrected chi connectivity index (χ2v) is 7.44. The number of nitrogens with one attached hydrogen (secondary N) is 1. The Labute approximate surface area is 165 Å². The average Bonchev–Trinajstić information content (AvgIpc) is 3.37. The van der Waals surface area contributed by atoms with Gasteiger partial charge in [0.15, 0.2) is 0 Å². The number of hydrogen-bond acceptors (Lipinski definition) is 5. The molecule has 0 radical (unpaired) electrons. The first-order chi connectivity index (χ1) is 13.6. The zero-order valence-corrected chi connectivity index (χ0v) is 15.7. The highest BCUT2D eigenvalue weighted by molar-refractivity contribution is 7.13. The van der Waals surface area contributed by atoms with Gasteiger partial charge in [0.2, 0.25) is 5.01 Å². The molecule has 2 amide bonds. The second-order valence-electron chi connectivity index (χ2n) is 6.43. The third kappa shape index (κ3) is 3.77. The van der Waals surface area contributed by atoms with E-state index in [2.05, 4.69) is 15.5 Å². The lowest BCUT2D eigenvalue weighted by Crippen LogP contribution is -2.30. The highest BCUT2D eigenvalue weighted by atomic mass is 32.1. The summed E-state index contributed by atoms with van der Waals surface area (Å²) in [6, 6.07) is 14.6. The van der Waals surface area contributed by atoms with Crippen molar-refractivity contribution >= 4 is 28.8 Å². The number of hydrogen-bond donors (Lipinski definition) is 1. The van der Waals surface area contributed by atoms with Crippen molar-refractivity contribution in [3.8, 4) is 0 Å². The summed E-state index contributed by atoms with van der Waals surface area (Å²) >= 11 is 1.16. The van der Waals surface area contributed by atoms with Gasteiger partial charge in [-0.15, -0.1) is 10.2 Å². The number of aromatic nitrogens is 2. The zero-order chi connectivity index (χ0) is 19.5. The molecule has 1 atom stereocenters. The van der Waals surface area contributed by atoms with Crippen LogP contribution in [0.2, 0.25) is 0 Å². The van der Waals surface area contributed by atoms with E-state index in [-0.39, 0.29) is 17.0 Å². The molecule has 1 aromatic heterocycles. The minimum atomic E-state index is -0.451. The minimum Gasteiger partial charge on any atom is -0.329 e. The summed E-state index contributed by atoms with van der Waals surface area (Å²) in [6.45, 7) is 0.642. The van der Waals surface area contributed by atoms with E-state index in [0.29, 0.717) is 22.8 Å². The van der Waals surface area contributed by atoms with Crippen LogP contribution in [-0.2, 0) is 0 Å². The van der Waals surface area contributed by atoms with E-state index in [1.807, 2.05) is 18.2 Å². The summed E-state index contributed by atoms with van der Waals surface area (Å²) in [6.07, 6.45) is 1.65. The Morgan fingerprint density at radius 1 is 1.11 bits per heavy atom. The van der Waals surface area contributed by atoms with Gasteiger partial charge in [-0.25, -0.2) is 4.39 Å². The number of halogens is 1. The summed E-state index contributed by atoms with van der Waals surface area (Å²) in [5, 5.41) is 11.5. The maximum Gasteiger partial charge on any atom is 0.286 e. The summed E-state index contributed by atoms with van der Waals surface area (Å²) in [7, 11) is 0. The molecule has 2 aromatic carbocycles. The fraction of sp³-hybridized carbons (Fsp3) is 0.200. The Kier molecular flexibility index (Phi) is 5.12. The molecule has 8 heteroatoms. The maximum atomic E-state index is 13.3. The van der Waals surface area contributed by atoms with Gasteiger partial charge in [-0.2, -0.15) is 0 Å². The number of benzene rings is 2. The van der Waals surface area contributed by atoms with Gasteiger partial charge in [0.25, 0.3) is 11.8 Å². The zero-order valence-electron chi connectivity index (χ0n) is 14.8. The number of carbonyl (C=O) groups is 2. The summed E-state index contributed by atoms with van der Waals surface area (Å²) < 4.78 is 13.3. The first-order valence-electron chi connectivity index (χ1n) is 8.88. The van der Waals surface area contributed by atoms with Crippen LogP contribution in [0, 0.1) is 5.82 Å². The van der Waals surface area contributed by atoms with E-state index in [4.69, 9.17) is 0 Å². The van der Waals surface area contributed by atoms with Crippen LogP contribution in [0.4, 0.5) is 10.1 Å². The SMILES string of the molecule is O=C(Nc1cccc(F)c1)c1nnc(C2CCCN2C(=O)c2ccccc2)s1. The van der Waals surface area contributed by atoms with Crippen LogP contribution in [0.1, 0.15) is 44.1 Å². The van der Waals surface area contributed by atoms with Crippen molar-refractivity contribution in [2.45, 2.75) is 18.9 Å². The Hall–Kier alpha value is -3.13. The van der Waals surface area contributed by atoms with Crippen LogP contribution in [0.5, 0.6) is 0 Å². The summed E-state index contributed by atoms with van der Waals surface area (Å²) in [5.41, 5.74) is 0.978. The van der Waals surface area contributed by atoms with Gasteiger partial charge < -0.3 is 10.2 Å². The van der Waals surface area contributed by atoms with E-state index in [1.165, 1.54) is 18.2 Å². The van der Waals surface area contributed by atoms with E-state index in [1.54, 1.807) is 23.1 Å². The number of rotatable bonds is 4. The molecule has 1 fully saturated rings. The fourth-order valence-electron chi connectivity index (χ4n) is 3.22. The van der Waals surface area contributed by atoms with Gasteiger partial charge in [0, 0.05) is 17.8 Å². The predicted molar refractivity (Wildman–Crippen MR) is 104 cm³/mol. The molecule has 1 saturated heterocycles. The standard InChI is InChI=1S/C20H17FN4O2S/c21-14-8-4-9-15(12-14)22-17(26)19-24-23-18(28-19)16-10-5-11-25(16)20(27)13-6-2-1-3-7-13/h1-4,6-9,12,16H,5,10-11H2,(H,22,26). The Balaban J connectivity index is 1.50. The molecule has 1 N–H and O–H groups in total. The van der Waals surface area contributed by atoms with Crippen LogP contribution in [-0.4, -0.2) is 33.5 Å². The van der Waals surface area contributed by atoms with Crippen molar-refractivity contribution in [1.82, 2.24) is 15.1 Å². The highest BCUT2D eigenvalue weighted by Gasteiger charge is 2.33. The lowest BCUT2D eigenvalue weighted by molar-refractivity contribution is 0.0735. The Morgan fingerprint density at radius 2 is 1.93 bits per heavy atom. The molecule has 0 spiro atoms. The van der Waals surface area contributed by atoms with Crippen molar-refractivity contribution < 1.29 is 14.0 Å². The van der Waals surface area contributed by atoms with Gasteiger partial charge >= 0.3 is 0 Å². The van der Waals surface area contributed by atoms with Crippen LogP contribution >= 0.6 is 11.3 Å². The minimum absolute atomic E-state index is 0.0518. The van der Waals surface area contributed by atoms with E-state index in [0.717, 1.165) is 24.2 Å². The molecule has 0 aliphatic carbocycles. The molecular weight excluding hydrogens is 379 g/mol. The van der Waals surface area contributed by atoms with Crippen molar-refractivity contribution in [2.24, 2.45) is 0 Å². The molecule has 6 nitrogen and oxygen atoms in total. The van der Waals surface area contributed by atoms with Crippen molar-refractivity contribution in [1.29, 1.82) is 0 Å². The second kappa shape index (κ2) is 7.85. The van der Waals surface area contributed by atoms with E-state index < -0.39 is 11.7 Å². The lowest BCUT2D eigenvalue weighted by Gasteiger charge is -2.22. The summed E-state index contributed by atoms with van der Waals surface area (Å²) in [4.78, 5) is 27.0. The molecule has 1 aliphatic rings. The van der Waals surface area contributed by atoms with Crippen molar-refractivity contribution in [3.63, 3.8) is 0 Å². The molecule has 1 aliphatic heterocycles. The molecule has 4 rings (SSSR count). The molecule has 0 bridgehead atoms. The molecule has 1 unspecified atom stereocenters. The molecule has 3 aromatic rings. The quantitative estimate of drug-likeness (QED) is 0.726. The van der Waals surface area contributed by atoms with Gasteiger partial charge in [-0.1, -0.05) is 35.6 Å². The number of anilines is 1. The largest absolute Gasteiger partial charge is 0.329 e. The summed E-state index contributed by atoms with van der Waals surface area (Å²) in [5.74, 6) is -0.936. The number of amides is 2. The molecule has 142 valence electrons. The predicted octanol–water partition coefficient (Wildman–Crippen LogP) is 3.91. The average molecular weight is 396 g/mol. The van der Waals surface area contributed by atoms with Gasteiger partial charge in [0.05, 0.1) is 6.04 Å². The van der Waals surface area contributed by atoms with E-state index >= 15 is 0 Å². The first kappa shape index (κ1) is 18.2. The normalized spacial score (nSPS) is 16.2. The van der Waals surface area contributed by atoms with Crippen LogP contribution < -0.4 is 5.32 Å². The third-order valence-electron chi connectivity index (χ3n) is 4.54. The van der Waals surface area contributed by atoms with Crippen molar-refractivity contribution in [2.75, 3.05) is 11.9 Å². The van der Waals surface area contributed by atoms with Gasteiger partial charge in [0.1, 0.15) is 10.8 Å². The van der Waals surface area contributed by atoms with Crippen LogP contribution in [0.25, 0.3) is 0 Å². The van der Waals surface area contributed by atoms with Gasteiger partial charge in [-0.3, -0.25) is 9.59 Å². The smallest absolute Gasteiger partial charge is 0.286 e. The number of carbonyl (C=O) groups excluding carboxylic acids is 2. The highest BCUT2D eigenvalue weighted by Crippen LogP contribution is 2.34. The van der Waals surface area contributed by atoms with Crippen LogP contribution in [0.3, 0.4) is 0 Å². The molecule has 2 heterocycles. The van der Waals surface area contributed by atoms with Gasteiger partial charge in [-0.05, 0) is 43.2 Å². The molecular formula is C20H17FN4O2S. The Bertz CT molecular complexity index is 1010. The number of likely N-dealkylation sites (tertiary alicyclic amines) is 1. The maximum absolute atomic E-state index is 13.3. The topological polar surface area (TPSA) is 75.2 Å². The monoisotopic (exact) mass is 396 g/mol. The molecule has 0 saturated carbocycles. The number of nitrogens with zero attached hydrogens (tertiary/aromatic N) is 3. The molecule has 28 heavy (non-hydrogen) atoms. The third-order valence-corrected chi connectivity index (χ3v) is 5.56. The van der Waals surface area contributed by atoms with Crippen molar-refractivity contribution in [3.05, 3.63) is 76.0 Å². The first-order valence-corrected chi connectivity index (χ1v) is 9.70.